The number of nitrogens with two attached hydrogens (primary N) is 1. The highest BCUT2D eigenvalue weighted by atomic mass is 32.2. The molecule has 0 saturated heterocycles. The number of aryl methyl sites for hydroxylation is 1. The van der Waals surface area contributed by atoms with Crippen molar-refractivity contribution >= 4 is 17.7 Å². The summed E-state index contributed by atoms with van der Waals surface area (Å²) in [6.07, 6.45) is 0. The highest BCUT2D eigenvalue weighted by Gasteiger charge is 2.20. The summed E-state index contributed by atoms with van der Waals surface area (Å²) >= 11 is 1.23. The van der Waals surface area contributed by atoms with E-state index in [2.05, 4.69) is 10.2 Å². The number of thioether (sulfide) groups is 1. The SMILES string of the molecule is CCOC(=O)C(C)Sc1nnc(-c2ccc(C)cc2)n1N. The van der Waals surface area contributed by atoms with Crippen LogP contribution in [0.15, 0.2) is 29.4 Å². The van der Waals surface area contributed by atoms with Crippen LogP contribution in [0.3, 0.4) is 0 Å². The molecule has 1 aromatic heterocycles. The van der Waals surface area contributed by atoms with Crippen LogP contribution < -0.4 is 5.84 Å². The number of esters is 1. The summed E-state index contributed by atoms with van der Waals surface area (Å²) in [6.45, 7) is 5.89. The summed E-state index contributed by atoms with van der Waals surface area (Å²) < 4.78 is 6.36. The molecule has 21 heavy (non-hydrogen) atoms. The molecular formula is C14H18N4O2S. The first-order valence-corrected chi connectivity index (χ1v) is 7.51. The minimum Gasteiger partial charge on any atom is -0.465 e. The summed E-state index contributed by atoms with van der Waals surface area (Å²) in [5.74, 6) is 6.29. The normalized spacial score (nSPS) is 12.1. The molecule has 0 bridgehead atoms. The topological polar surface area (TPSA) is 83.0 Å². The Kier molecular flexibility index (Phi) is 4.85. The average Bonchev–Trinajstić information content (AvgIpc) is 2.81. The number of carbonyl (C=O) groups is 1. The van der Waals surface area contributed by atoms with Crippen LogP contribution in [0.4, 0.5) is 0 Å². The van der Waals surface area contributed by atoms with Crippen molar-refractivity contribution in [3.8, 4) is 11.4 Å². The van der Waals surface area contributed by atoms with Gasteiger partial charge in [0.1, 0.15) is 5.25 Å². The van der Waals surface area contributed by atoms with E-state index < -0.39 is 0 Å². The highest BCUT2D eigenvalue weighted by Crippen LogP contribution is 2.25. The van der Waals surface area contributed by atoms with Crippen LogP contribution >= 0.6 is 11.8 Å². The third kappa shape index (κ3) is 3.55. The Morgan fingerprint density at radius 1 is 1.38 bits per heavy atom. The molecule has 0 aliphatic rings. The lowest BCUT2D eigenvalue weighted by atomic mass is 10.1. The Morgan fingerprint density at radius 2 is 2.05 bits per heavy atom. The van der Waals surface area contributed by atoms with Gasteiger partial charge in [0.15, 0.2) is 5.82 Å². The lowest BCUT2D eigenvalue weighted by molar-refractivity contribution is -0.142. The lowest BCUT2D eigenvalue weighted by Crippen LogP contribution is -2.19. The minimum atomic E-state index is -0.387. The van der Waals surface area contributed by atoms with Gasteiger partial charge in [-0.3, -0.25) is 4.79 Å². The quantitative estimate of drug-likeness (QED) is 0.517. The van der Waals surface area contributed by atoms with Gasteiger partial charge in [-0.05, 0) is 20.8 Å². The molecule has 1 aromatic carbocycles. The summed E-state index contributed by atoms with van der Waals surface area (Å²) in [5.41, 5.74) is 2.04. The zero-order valence-corrected chi connectivity index (χ0v) is 13.1. The number of rotatable bonds is 5. The van der Waals surface area contributed by atoms with Crippen LogP contribution in [0.25, 0.3) is 11.4 Å². The Labute approximate surface area is 127 Å². The molecule has 7 heteroatoms. The molecule has 1 atom stereocenters. The Balaban J connectivity index is 2.17. The second kappa shape index (κ2) is 6.62. The predicted molar refractivity (Wildman–Crippen MR) is 82.3 cm³/mol. The average molecular weight is 306 g/mol. The van der Waals surface area contributed by atoms with E-state index in [9.17, 15) is 4.79 Å². The molecule has 2 rings (SSSR count). The molecule has 0 fully saturated rings. The summed E-state index contributed by atoms with van der Waals surface area (Å²) in [5, 5.41) is 8.22. The van der Waals surface area contributed by atoms with Crippen molar-refractivity contribution in [2.24, 2.45) is 0 Å². The third-order valence-corrected chi connectivity index (χ3v) is 3.91. The van der Waals surface area contributed by atoms with E-state index in [1.54, 1.807) is 13.8 Å². The molecule has 0 radical (unpaired) electrons. The van der Waals surface area contributed by atoms with Crippen molar-refractivity contribution in [3.63, 3.8) is 0 Å². The molecule has 1 unspecified atom stereocenters. The van der Waals surface area contributed by atoms with Gasteiger partial charge in [0.25, 0.3) is 0 Å². The summed E-state index contributed by atoms with van der Waals surface area (Å²) in [6, 6.07) is 7.84. The van der Waals surface area contributed by atoms with Gasteiger partial charge >= 0.3 is 5.97 Å². The van der Waals surface area contributed by atoms with Gasteiger partial charge in [0.2, 0.25) is 5.16 Å². The second-order valence-electron chi connectivity index (χ2n) is 4.55. The monoisotopic (exact) mass is 306 g/mol. The van der Waals surface area contributed by atoms with E-state index in [4.69, 9.17) is 10.6 Å². The van der Waals surface area contributed by atoms with Gasteiger partial charge < -0.3 is 10.6 Å². The standard InChI is InChI=1S/C14H18N4O2S/c1-4-20-13(19)10(3)21-14-17-16-12(18(14)15)11-7-5-9(2)6-8-11/h5-8,10H,4,15H2,1-3H3. The summed E-state index contributed by atoms with van der Waals surface area (Å²) in [4.78, 5) is 11.6. The summed E-state index contributed by atoms with van der Waals surface area (Å²) in [7, 11) is 0. The maximum Gasteiger partial charge on any atom is 0.319 e. The van der Waals surface area contributed by atoms with Crippen molar-refractivity contribution in [2.45, 2.75) is 31.2 Å². The van der Waals surface area contributed by atoms with Crippen molar-refractivity contribution in [1.29, 1.82) is 0 Å². The zero-order chi connectivity index (χ0) is 15.4. The van der Waals surface area contributed by atoms with E-state index in [-0.39, 0.29) is 11.2 Å². The number of hydrogen-bond donors (Lipinski definition) is 1. The maximum atomic E-state index is 11.6. The van der Waals surface area contributed by atoms with Crippen LogP contribution in [0, 0.1) is 6.92 Å². The largest absolute Gasteiger partial charge is 0.465 e. The van der Waals surface area contributed by atoms with Crippen LogP contribution in [-0.2, 0) is 9.53 Å². The predicted octanol–water partition coefficient (Wildman–Crippen LogP) is 2.01. The van der Waals surface area contributed by atoms with Gasteiger partial charge in [0, 0.05) is 5.56 Å². The van der Waals surface area contributed by atoms with Crippen LogP contribution in [0.2, 0.25) is 0 Å². The number of hydrogen-bond acceptors (Lipinski definition) is 6. The number of aromatic nitrogens is 3. The smallest absolute Gasteiger partial charge is 0.319 e. The molecule has 1 heterocycles. The van der Waals surface area contributed by atoms with Crippen molar-refractivity contribution in [3.05, 3.63) is 29.8 Å². The van der Waals surface area contributed by atoms with E-state index in [0.29, 0.717) is 17.6 Å². The number of carbonyl (C=O) groups excluding carboxylic acids is 1. The number of nitrogen functional groups attached to an aromatic ring is 1. The van der Waals surface area contributed by atoms with E-state index in [1.165, 1.54) is 16.4 Å². The van der Waals surface area contributed by atoms with Gasteiger partial charge in [-0.2, -0.15) is 0 Å². The fraction of sp³-hybridized carbons (Fsp3) is 0.357. The van der Waals surface area contributed by atoms with Gasteiger partial charge in [0.05, 0.1) is 6.61 Å². The molecule has 2 aromatic rings. The lowest BCUT2D eigenvalue weighted by Gasteiger charge is -2.09. The fourth-order valence-electron chi connectivity index (χ4n) is 1.72. The van der Waals surface area contributed by atoms with Gasteiger partial charge in [-0.1, -0.05) is 41.6 Å². The van der Waals surface area contributed by atoms with Gasteiger partial charge in [-0.25, -0.2) is 4.68 Å². The van der Waals surface area contributed by atoms with Crippen molar-refractivity contribution in [1.82, 2.24) is 14.9 Å². The van der Waals surface area contributed by atoms with E-state index in [0.717, 1.165) is 11.1 Å². The molecule has 0 aliphatic heterocycles. The first kappa shape index (κ1) is 15.4. The fourth-order valence-corrected chi connectivity index (χ4v) is 2.49. The number of benzene rings is 1. The van der Waals surface area contributed by atoms with E-state index >= 15 is 0 Å². The van der Waals surface area contributed by atoms with Crippen molar-refractivity contribution < 1.29 is 9.53 Å². The molecule has 0 aliphatic carbocycles. The van der Waals surface area contributed by atoms with Gasteiger partial charge in [-0.15, -0.1) is 10.2 Å². The molecular weight excluding hydrogens is 288 g/mol. The Bertz CT molecular complexity index is 624. The number of ether oxygens (including phenoxy) is 1. The molecule has 112 valence electrons. The molecule has 2 N–H and O–H groups in total. The first-order chi connectivity index (χ1) is 10.0. The minimum absolute atomic E-state index is 0.289. The van der Waals surface area contributed by atoms with Crippen molar-refractivity contribution in [2.75, 3.05) is 12.4 Å². The molecule has 0 saturated carbocycles. The highest BCUT2D eigenvalue weighted by molar-refractivity contribution is 8.00. The van der Waals surface area contributed by atoms with E-state index in [1.807, 2.05) is 31.2 Å². The Morgan fingerprint density at radius 3 is 2.67 bits per heavy atom. The van der Waals surface area contributed by atoms with Crippen LogP contribution in [0.5, 0.6) is 0 Å². The Hall–Kier alpha value is -2.02. The zero-order valence-electron chi connectivity index (χ0n) is 12.2. The van der Waals surface area contributed by atoms with Crippen LogP contribution in [0.1, 0.15) is 19.4 Å². The first-order valence-electron chi connectivity index (χ1n) is 6.63. The second-order valence-corrected chi connectivity index (χ2v) is 5.86. The molecule has 0 spiro atoms. The molecule has 6 nitrogen and oxygen atoms in total. The molecule has 0 amide bonds. The number of nitrogens with zero attached hydrogens (tertiary/aromatic N) is 3. The van der Waals surface area contributed by atoms with Crippen LogP contribution in [-0.4, -0.2) is 32.7 Å². The maximum absolute atomic E-state index is 11.6. The third-order valence-electron chi connectivity index (χ3n) is 2.88.